The van der Waals surface area contributed by atoms with Gasteiger partial charge in [0, 0.05) is 5.56 Å². The lowest BCUT2D eigenvalue weighted by atomic mass is 9.99. The highest BCUT2D eigenvalue weighted by Crippen LogP contribution is 2.26. The van der Waals surface area contributed by atoms with Crippen LogP contribution in [0.5, 0.6) is 5.75 Å². The van der Waals surface area contributed by atoms with E-state index in [4.69, 9.17) is 4.74 Å². The van der Waals surface area contributed by atoms with Gasteiger partial charge in [0.2, 0.25) is 0 Å². The molecule has 0 aliphatic carbocycles. The average Bonchev–Trinajstić information content (AvgIpc) is 2.35. The Kier molecular flexibility index (Phi) is 3.74. The lowest BCUT2D eigenvalue weighted by molar-refractivity contribution is 0.407. The Balaban J connectivity index is 2.68. The maximum absolute atomic E-state index is 11.9. The molecule has 0 amide bonds. The van der Waals surface area contributed by atoms with Crippen LogP contribution in [0.4, 0.5) is 0 Å². The fourth-order valence-corrected chi connectivity index (χ4v) is 2.11. The van der Waals surface area contributed by atoms with Gasteiger partial charge in [0.25, 0.3) is 0 Å². The Morgan fingerprint density at radius 2 is 2.05 bits per heavy atom. The number of ether oxygens (including phenoxy) is 1. The molecule has 0 aliphatic rings. The molecule has 0 saturated heterocycles. The number of hydrogen-bond donors (Lipinski definition) is 1. The van der Waals surface area contributed by atoms with Crippen LogP contribution in [0.15, 0.2) is 26.1 Å². The molecule has 102 valence electrons. The summed E-state index contributed by atoms with van der Waals surface area (Å²) in [5.41, 5.74) is 0.663. The zero-order chi connectivity index (χ0) is 14.0. The normalized spacial score (nSPS) is 11.2. The van der Waals surface area contributed by atoms with E-state index in [1.54, 1.807) is 19.2 Å². The van der Waals surface area contributed by atoms with Crippen LogP contribution in [-0.4, -0.2) is 12.1 Å². The lowest BCUT2D eigenvalue weighted by Gasteiger charge is -2.11. The van der Waals surface area contributed by atoms with Crippen molar-refractivity contribution < 1.29 is 9.15 Å². The quantitative estimate of drug-likeness (QED) is 0.916. The summed E-state index contributed by atoms with van der Waals surface area (Å²) in [7, 11) is 1.56. The van der Waals surface area contributed by atoms with Gasteiger partial charge in [-0.1, -0.05) is 13.8 Å². The fourth-order valence-electron chi connectivity index (χ4n) is 2.11. The zero-order valence-corrected chi connectivity index (χ0v) is 11.3. The van der Waals surface area contributed by atoms with Gasteiger partial charge in [-0.05, 0) is 30.9 Å². The third-order valence-electron chi connectivity index (χ3n) is 3.09. The molecule has 1 N–H and O–H groups in total. The Bertz CT molecular complexity index is 697. The molecule has 0 bridgehead atoms. The second kappa shape index (κ2) is 5.30. The van der Waals surface area contributed by atoms with Gasteiger partial charge in [-0.25, -0.2) is 9.59 Å². The first-order valence-electron chi connectivity index (χ1n) is 6.26. The summed E-state index contributed by atoms with van der Waals surface area (Å²) in [5.74, 6) is 0.416. The molecule has 0 fully saturated rings. The summed E-state index contributed by atoms with van der Waals surface area (Å²) in [6, 6.07) is 3.42. The van der Waals surface area contributed by atoms with E-state index >= 15 is 0 Å². The van der Waals surface area contributed by atoms with Crippen molar-refractivity contribution in [3.8, 4) is 5.75 Å². The van der Waals surface area contributed by atoms with E-state index in [9.17, 15) is 9.59 Å². The smallest absolute Gasteiger partial charge is 0.419 e. The van der Waals surface area contributed by atoms with Gasteiger partial charge in [-0.15, -0.1) is 0 Å². The molecule has 0 saturated carbocycles. The summed E-state index contributed by atoms with van der Waals surface area (Å²) < 4.78 is 9.91. The zero-order valence-electron chi connectivity index (χ0n) is 11.3. The van der Waals surface area contributed by atoms with Crippen LogP contribution in [0.25, 0.3) is 10.9 Å². The minimum atomic E-state index is -0.738. The van der Waals surface area contributed by atoms with Gasteiger partial charge >= 0.3 is 11.4 Å². The molecule has 5 heteroatoms. The predicted octanol–water partition coefficient (Wildman–Crippen LogP) is 2.08. The molecule has 19 heavy (non-hydrogen) atoms. The van der Waals surface area contributed by atoms with Crippen LogP contribution in [-0.2, 0) is 6.42 Å². The van der Waals surface area contributed by atoms with Crippen molar-refractivity contribution in [2.45, 2.75) is 26.7 Å². The summed E-state index contributed by atoms with van der Waals surface area (Å²) in [6.45, 7) is 4.23. The number of hydrogen-bond acceptors (Lipinski definition) is 4. The van der Waals surface area contributed by atoms with E-state index in [1.165, 1.54) is 0 Å². The van der Waals surface area contributed by atoms with Crippen molar-refractivity contribution in [1.82, 2.24) is 4.98 Å². The third-order valence-corrected chi connectivity index (χ3v) is 3.09. The van der Waals surface area contributed by atoms with E-state index < -0.39 is 11.4 Å². The number of rotatable bonds is 4. The molecule has 0 spiro atoms. The molecular formula is C14H17NO4. The van der Waals surface area contributed by atoms with Crippen LogP contribution >= 0.6 is 0 Å². The highest BCUT2D eigenvalue weighted by Gasteiger charge is 2.14. The van der Waals surface area contributed by atoms with Crippen molar-refractivity contribution in [2.24, 2.45) is 5.92 Å². The van der Waals surface area contributed by atoms with Gasteiger partial charge in [-0.3, -0.25) is 4.98 Å². The number of H-pyrrole nitrogens is 1. The first-order valence-corrected chi connectivity index (χ1v) is 6.26. The van der Waals surface area contributed by atoms with Gasteiger partial charge in [-0.2, -0.15) is 0 Å². The number of benzene rings is 1. The SMILES string of the molecule is COc1ccc2[nH]c(=O)oc(=O)c2c1CCC(C)C. The summed E-state index contributed by atoms with van der Waals surface area (Å²) in [5, 5.41) is 0.402. The minimum absolute atomic E-state index is 0.402. The molecule has 0 radical (unpaired) electrons. The highest BCUT2D eigenvalue weighted by molar-refractivity contribution is 5.83. The lowest BCUT2D eigenvalue weighted by Crippen LogP contribution is -2.16. The predicted molar refractivity (Wildman–Crippen MR) is 72.8 cm³/mol. The van der Waals surface area contributed by atoms with Crippen LogP contribution in [0.2, 0.25) is 0 Å². The second-order valence-corrected chi connectivity index (χ2v) is 4.90. The van der Waals surface area contributed by atoms with Crippen molar-refractivity contribution in [3.05, 3.63) is 38.7 Å². The Hall–Kier alpha value is -2.04. The van der Waals surface area contributed by atoms with E-state index in [-0.39, 0.29) is 0 Å². The maximum atomic E-state index is 11.9. The molecule has 0 atom stereocenters. The summed E-state index contributed by atoms with van der Waals surface area (Å²) in [4.78, 5) is 25.6. The first-order chi connectivity index (χ1) is 9.02. The fraction of sp³-hybridized carbons (Fsp3) is 0.429. The molecule has 1 aromatic carbocycles. The average molecular weight is 263 g/mol. The number of fused-ring (bicyclic) bond motifs is 1. The molecule has 0 aliphatic heterocycles. The number of nitrogens with one attached hydrogen (secondary N) is 1. The van der Waals surface area contributed by atoms with Gasteiger partial charge in [0.15, 0.2) is 0 Å². The Morgan fingerprint density at radius 1 is 1.32 bits per heavy atom. The van der Waals surface area contributed by atoms with Crippen molar-refractivity contribution in [3.63, 3.8) is 0 Å². The van der Waals surface area contributed by atoms with E-state index in [0.29, 0.717) is 29.0 Å². The Morgan fingerprint density at radius 3 is 2.68 bits per heavy atom. The van der Waals surface area contributed by atoms with Crippen molar-refractivity contribution in [1.29, 1.82) is 0 Å². The molecule has 0 unspecified atom stereocenters. The van der Waals surface area contributed by atoms with Gasteiger partial charge < -0.3 is 9.15 Å². The van der Waals surface area contributed by atoms with Crippen LogP contribution < -0.4 is 16.1 Å². The third kappa shape index (κ3) is 2.70. The molecule has 1 heterocycles. The molecule has 2 rings (SSSR count). The van der Waals surface area contributed by atoms with Gasteiger partial charge in [0.05, 0.1) is 18.0 Å². The Labute approximate surface area is 110 Å². The summed E-state index contributed by atoms with van der Waals surface area (Å²) in [6.07, 6.45) is 1.63. The molecular weight excluding hydrogens is 246 g/mol. The van der Waals surface area contributed by atoms with Gasteiger partial charge in [0.1, 0.15) is 5.75 Å². The van der Waals surface area contributed by atoms with E-state index in [0.717, 1.165) is 12.0 Å². The standard InChI is InChI=1S/C14H17NO4/c1-8(2)4-5-9-11(18-3)7-6-10-12(9)13(16)19-14(17)15-10/h6-8H,4-5H2,1-3H3,(H,15,17). The van der Waals surface area contributed by atoms with Crippen molar-refractivity contribution in [2.75, 3.05) is 7.11 Å². The monoisotopic (exact) mass is 263 g/mol. The van der Waals surface area contributed by atoms with Crippen LogP contribution in [0.1, 0.15) is 25.8 Å². The van der Waals surface area contributed by atoms with Crippen LogP contribution in [0.3, 0.4) is 0 Å². The van der Waals surface area contributed by atoms with E-state index in [2.05, 4.69) is 23.2 Å². The maximum Gasteiger partial charge on any atom is 0.419 e. The van der Waals surface area contributed by atoms with Crippen LogP contribution in [0, 0.1) is 5.92 Å². The molecule has 1 aromatic heterocycles. The topological polar surface area (TPSA) is 72.3 Å². The number of aromatic amines is 1. The number of aryl methyl sites for hydroxylation is 1. The number of aromatic nitrogens is 1. The van der Waals surface area contributed by atoms with E-state index in [1.807, 2.05) is 0 Å². The largest absolute Gasteiger partial charge is 0.496 e. The molecule has 2 aromatic rings. The van der Waals surface area contributed by atoms with Crippen molar-refractivity contribution >= 4 is 10.9 Å². The molecule has 5 nitrogen and oxygen atoms in total. The minimum Gasteiger partial charge on any atom is -0.496 e. The first kappa shape index (κ1) is 13.4. The second-order valence-electron chi connectivity index (χ2n) is 4.90. The highest BCUT2D eigenvalue weighted by atomic mass is 16.5. The summed E-state index contributed by atoms with van der Waals surface area (Å²) >= 11 is 0. The number of methoxy groups -OCH3 is 1.